The number of hydrogen-bond donors (Lipinski definition) is 1. The van der Waals surface area contributed by atoms with Gasteiger partial charge >= 0.3 is 0 Å². The van der Waals surface area contributed by atoms with Gasteiger partial charge in [-0.25, -0.2) is 4.98 Å². The van der Waals surface area contributed by atoms with E-state index < -0.39 is 0 Å². The zero-order valence-electron chi connectivity index (χ0n) is 12.6. The van der Waals surface area contributed by atoms with Crippen LogP contribution in [0.1, 0.15) is 43.2 Å². The Morgan fingerprint density at radius 2 is 2.15 bits per heavy atom. The van der Waals surface area contributed by atoms with Crippen LogP contribution in [-0.2, 0) is 0 Å². The normalized spacial score (nSPS) is 11.7. The summed E-state index contributed by atoms with van der Waals surface area (Å²) in [6.45, 7) is 6.06. The van der Waals surface area contributed by atoms with Crippen molar-refractivity contribution < 1.29 is 9.90 Å². The first-order chi connectivity index (χ1) is 9.47. The third-order valence-corrected chi connectivity index (χ3v) is 3.11. The summed E-state index contributed by atoms with van der Waals surface area (Å²) in [6, 6.07) is 3.61. The molecule has 1 N–H and O–H groups in total. The van der Waals surface area contributed by atoms with Gasteiger partial charge in [0.25, 0.3) is 5.91 Å². The van der Waals surface area contributed by atoms with Crippen LogP contribution >= 0.6 is 0 Å². The summed E-state index contributed by atoms with van der Waals surface area (Å²) in [5, 5.41) is 8.76. The first-order valence-electron chi connectivity index (χ1n) is 6.79. The van der Waals surface area contributed by atoms with Crippen LogP contribution in [0, 0.1) is 17.8 Å². The van der Waals surface area contributed by atoms with E-state index in [-0.39, 0.29) is 18.6 Å². The highest BCUT2D eigenvalue weighted by atomic mass is 16.2. The standard InChI is InChI=1S/C16H22N2O2/c1-12(2)11-13(3)18(4)16(20)15-14(8-6-10-19)7-5-9-17-15/h5,7,9,12-13,19H,10-11H2,1-4H3. The van der Waals surface area contributed by atoms with Crippen LogP contribution < -0.4 is 0 Å². The molecule has 0 saturated heterocycles. The predicted molar refractivity (Wildman–Crippen MR) is 79.2 cm³/mol. The molecule has 0 saturated carbocycles. The minimum atomic E-state index is -0.234. The molecular formula is C16H22N2O2. The van der Waals surface area contributed by atoms with Crippen molar-refractivity contribution >= 4 is 5.91 Å². The average Bonchev–Trinajstić information content (AvgIpc) is 2.43. The second-order valence-corrected chi connectivity index (χ2v) is 5.25. The maximum Gasteiger partial charge on any atom is 0.273 e. The Bertz CT molecular complexity index is 515. The lowest BCUT2D eigenvalue weighted by molar-refractivity contribution is 0.0722. The van der Waals surface area contributed by atoms with Gasteiger partial charge in [-0.15, -0.1) is 0 Å². The Labute approximate surface area is 120 Å². The number of aromatic nitrogens is 1. The van der Waals surface area contributed by atoms with Crippen LogP contribution in [0.2, 0.25) is 0 Å². The molecule has 1 rings (SSSR count). The lowest BCUT2D eigenvalue weighted by atomic mass is 10.0. The summed E-state index contributed by atoms with van der Waals surface area (Å²) in [5.74, 6) is 5.71. The fraction of sp³-hybridized carbons (Fsp3) is 0.500. The molecule has 1 amide bonds. The Kier molecular flexibility index (Phi) is 6.20. The number of aliphatic hydroxyl groups excluding tert-OH is 1. The number of carbonyl (C=O) groups is 1. The van der Waals surface area contributed by atoms with Crippen LogP contribution in [0.15, 0.2) is 18.3 Å². The van der Waals surface area contributed by atoms with Crippen LogP contribution in [0.5, 0.6) is 0 Å². The van der Waals surface area contributed by atoms with E-state index in [9.17, 15) is 4.79 Å². The molecule has 108 valence electrons. The lowest BCUT2D eigenvalue weighted by Gasteiger charge is -2.26. The summed E-state index contributed by atoms with van der Waals surface area (Å²) in [7, 11) is 1.79. The molecule has 1 aromatic rings. The summed E-state index contributed by atoms with van der Waals surface area (Å²) < 4.78 is 0. The smallest absolute Gasteiger partial charge is 0.273 e. The molecule has 1 unspecified atom stereocenters. The van der Waals surface area contributed by atoms with E-state index in [2.05, 4.69) is 30.7 Å². The molecule has 20 heavy (non-hydrogen) atoms. The van der Waals surface area contributed by atoms with Gasteiger partial charge in [-0.1, -0.05) is 25.7 Å². The van der Waals surface area contributed by atoms with E-state index in [0.717, 1.165) is 6.42 Å². The quantitative estimate of drug-likeness (QED) is 0.854. The number of nitrogens with zero attached hydrogens (tertiary/aromatic N) is 2. The van der Waals surface area contributed by atoms with Gasteiger partial charge in [-0.2, -0.15) is 0 Å². The molecular weight excluding hydrogens is 252 g/mol. The number of rotatable bonds is 4. The number of amides is 1. The fourth-order valence-corrected chi connectivity index (χ4v) is 2.02. The molecule has 0 aliphatic rings. The van der Waals surface area contributed by atoms with Gasteiger partial charge in [0.15, 0.2) is 0 Å². The van der Waals surface area contributed by atoms with Crippen molar-refractivity contribution in [3.8, 4) is 11.8 Å². The zero-order valence-corrected chi connectivity index (χ0v) is 12.6. The van der Waals surface area contributed by atoms with Crippen LogP contribution in [0.3, 0.4) is 0 Å². The van der Waals surface area contributed by atoms with Crippen molar-refractivity contribution in [2.75, 3.05) is 13.7 Å². The minimum absolute atomic E-state index is 0.138. The van der Waals surface area contributed by atoms with Crippen LogP contribution in [0.25, 0.3) is 0 Å². The maximum atomic E-state index is 12.5. The molecule has 0 aliphatic carbocycles. The molecule has 4 heteroatoms. The third kappa shape index (κ3) is 4.36. The molecule has 1 atom stereocenters. The molecule has 0 fully saturated rings. The minimum Gasteiger partial charge on any atom is -0.384 e. The van der Waals surface area contributed by atoms with E-state index in [0.29, 0.717) is 17.2 Å². The lowest BCUT2D eigenvalue weighted by Crippen LogP contribution is -2.36. The largest absolute Gasteiger partial charge is 0.384 e. The highest BCUT2D eigenvalue weighted by Gasteiger charge is 2.21. The third-order valence-electron chi connectivity index (χ3n) is 3.11. The van der Waals surface area contributed by atoms with Crippen molar-refractivity contribution in [2.24, 2.45) is 5.92 Å². The average molecular weight is 274 g/mol. The van der Waals surface area contributed by atoms with E-state index in [1.807, 2.05) is 6.92 Å². The van der Waals surface area contributed by atoms with Gasteiger partial charge in [-0.05, 0) is 31.4 Å². The Morgan fingerprint density at radius 1 is 1.45 bits per heavy atom. The first kappa shape index (κ1) is 16.2. The monoisotopic (exact) mass is 274 g/mol. The van der Waals surface area contributed by atoms with Crippen LogP contribution in [-0.4, -0.2) is 40.6 Å². The van der Waals surface area contributed by atoms with Crippen LogP contribution in [0.4, 0.5) is 0 Å². The maximum absolute atomic E-state index is 12.5. The summed E-state index contributed by atoms with van der Waals surface area (Å²) in [6.07, 6.45) is 2.52. The van der Waals surface area contributed by atoms with Gasteiger partial charge in [0, 0.05) is 19.3 Å². The number of pyridine rings is 1. The first-order valence-corrected chi connectivity index (χ1v) is 6.79. The Hall–Kier alpha value is -1.86. The highest BCUT2D eigenvalue weighted by molar-refractivity contribution is 5.94. The van der Waals surface area contributed by atoms with Crippen molar-refractivity contribution in [3.05, 3.63) is 29.6 Å². The van der Waals surface area contributed by atoms with Gasteiger partial charge < -0.3 is 10.0 Å². The molecule has 0 bridgehead atoms. The predicted octanol–water partition coefficient (Wildman–Crippen LogP) is 1.93. The van der Waals surface area contributed by atoms with E-state index in [4.69, 9.17) is 5.11 Å². The molecule has 1 heterocycles. The number of hydrogen-bond acceptors (Lipinski definition) is 3. The van der Waals surface area contributed by atoms with E-state index in [1.165, 1.54) is 0 Å². The highest BCUT2D eigenvalue weighted by Crippen LogP contribution is 2.14. The topological polar surface area (TPSA) is 53.4 Å². The van der Waals surface area contributed by atoms with E-state index in [1.54, 1.807) is 30.3 Å². The summed E-state index contributed by atoms with van der Waals surface area (Å²) in [4.78, 5) is 18.3. The van der Waals surface area contributed by atoms with Gasteiger partial charge in [0.1, 0.15) is 12.3 Å². The van der Waals surface area contributed by atoms with E-state index >= 15 is 0 Å². The van der Waals surface area contributed by atoms with Gasteiger partial charge in [0.05, 0.1) is 5.56 Å². The Balaban J connectivity index is 2.97. The van der Waals surface area contributed by atoms with Crippen molar-refractivity contribution in [1.29, 1.82) is 0 Å². The summed E-state index contributed by atoms with van der Waals surface area (Å²) in [5.41, 5.74) is 0.890. The molecule has 4 nitrogen and oxygen atoms in total. The number of carbonyl (C=O) groups excluding carboxylic acids is 1. The zero-order chi connectivity index (χ0) is 15.1. The Morgan fingerprint density at radius 3 is 2.75 bits per heavy atom. The van der Waals surface area contributed by atoms with Crippen molar-refractivity contribution in [2.45, 2.75) is 33.2 Å². The van der Waals surface area contributed by atoms with Gasteiger partial charge in [0.2, 0.25) is 0 Å². The molecule has 0 aliphatic heterocycles. The van der Waals surface area contributed by atoms with Crippen molar-refractivity contribution in [3.63, 3.8) is 0 Å². The SMILES string of the molecule is CC(C)CC(C)N(C)C(=O)c1ncccc1C#CCO. The molecule has 1 aromatic heterocycles. The van der Waals surface area contributed by atoms with Crippen molar-refractivity contribution in [1.82, 2.24) is 9.88 Å². The molecule has 0 spiro atoms. The number of aliphatic hydroxyl groups is 1. The fourth-order valence-electron chi connectivity index (χ4n) is 2.02. The summed E-state index contributed by atoms with van der Waals surface area (Å²) >= 11 is 0. The second-order valence-electron chi connectivity index (χ2n) is 5.25. The second kappa shape index (κ2) is 7.66. The molecule has 0 aromatic carbocycles. The molecule has 0 radical (unpaired) electrons. The van der Waals surface area contributed by atoms with Gasteiger partial charge in [-0.3, -0.25) is 4.79 Å².